The van der Waals surface area contributed by atoms with Gasteiger partial charge in [-0.15, -0.1) is 0 Å². The standard InChI is InChI=1S/C18H10N2O/c1-19-16-7-4-5-14-13-9-8-12(11-17(13)21-18(14)16)15-6-2-3-10-20-15/h2-11H. The van der Waals surface area contributed by atoms with Crippen LogP contribution >= 0.6 is 0 Å². The molecule has 3 heteroatoms. The Balaban J connectivity index is 2.01. The number of rotatable bonds is 1. The molecule has 0 aliphatic carbocycles. The fourth-order valence-electron chi connectivity index (χ4n) is 2.56. The topological polar surface area (TPSA) is 30.4 Å². The number of benzene rings is 2. The SMILES string of the molecule is [C-]#[N+]c1cccc2c1oc1cc(-c3ccccn3)ccc12. The van der Waals surface area contributed by atoms with Crippen LogP contribution in [-0.4, -0.2) is 4.98 Å². The van der Waals surface area contributed by atoms with Crippen molar-refractivity contribution in [3.05, 3.63) is 72.2 Å². The molecule has 0 bridgehead atoms. The first-order valence-electron chi connectivity index (χ1n) is 6.61. The average Bonchev–Trinajstić information content (AvgIpc) is 2.93. The minimum absolute atomic E-state index is 0.545. The van der Waals surface area contributed by atoms with Gasteiger partial charge in [0.2, 0.25) is 5.69 Å². The zero-order chi connectivity index (χ0) is 14.2. The number of furan rings is 1. The van der Waals surface area contributed by atoms with E-state index < -0.39 is 0 Å². The molecule has 0 saturated carbocycles. The minimum Gasteiger partial charge on any atom is -0.467 e. The summed E-state index contributed by atoms with van der Waals surface area (Å²) in [5.41, 5.74) is 3.89. The molecule has 21 heavy (non-hydrogen) atoms. The molecule has 3 nitrogen and oxygen atoms in total. The molecule has 0 atom stereocenters. The molecule has 0 saturated heterocycles. The number of fused-ring (bicyclic) bond motifs is 3. The van der Waals surface area contributed by atoms with E-state index in [4.69, 9.17) is 11.0 Å². The van der Waals surface area contributed by atoms with Crippen LogP contribution in [0, 0.1) is 6.57 Å². The third-order valence-electron chi connectivity index (χ3n) is 3.56. The predicted molar refractivity (Wildman–Crippen MR) is 83.2 cm³/mol. The van der Waals surface area contributed by atoms with Gasteiger partial charge >= 0.3 is 0 Å². The van der Waals surface area contributed by atoms with Gasteiger partial charge in [0.25, 0.3) is 0 Å². The first kappa shape index (κ1) is 11.7. The summed E-state index contributed by atoms with van der Waals surface area (Å²) in [4.78, 5) is 7.87. The highest BCUT2D eigenvalue weighted by Crippen LogP contribution is 2.36. The van der Waals surface area contributed by atoms with Crippen LogP contribution in [0.15, 0.2) is 65.2 Å². The molecule has 2 heterocycles. The number of hydrogen-bond acceptors (Lipinski definition) is 2. The van der Waals surface area contributed by atoms with Crippen LogP contribution in [0.5, 0.6) is 0 Å². The molecule has 0 aliphatic rings. The fourth-order valence-corrected chi connectivity index (χ4v) is 2.56. The molecular weight excluding hydrogens is 260 g/mol. The predicted octanol–water partition coefficient (Wildman–Crippen LogP) is 5.20. The smallest absolute Gasteiger partial charge is 0.229 e. The summed E-state index contributed by atoms with van der Waals surface area (Å²) < 4.78 is 5.90. The number of pyridine rings is 1. The van der Waals surface area contributed by atoms with Gasteiger partial charge in [-0.05, 0) is 24.3 Å². The maximum absolute atomic E-state index is 7.23. The van der Waals surface area contributed by atoms with Gasteiger partial charge in [0, 0.05) is 22.5 Å². The Hall–Kier alpha value is -3.12. The summed E-state index contributed by atoms with van der Waals surface area (Å²) in [5.74, 6) is 0. The van der Waals surface area contributed by atoms with Crippen molar-refractivity contribution in [2.24, 2.45) is 0 Å². The number of para-hydroxylation sites is 1. The zero-order valence-electron chi connectivity index (χ0n) is 11.1. The minimum atomic E-state index is 0.545. The summed E-state index contributed by atoms with van der Waals surface area (Å²) >= 11 is 0. The lowest BCUT2D eigenvalue weighted by Crippen LogP contribution is -1.80. The summed E-state index contributed by atoms with van der Waals surface area (Å²) in [6.07, 6.45) is 1.77. The molecule has 4 rings (SSSR count). The molecule has 98 valence electrons. The van der Waals surface area contributed by atoms with E-state index in [0.717, 1.165) is 27.6 Å². The van der Waals surface area contributed by atoms with Crippen molar-refractivity contribution in [2.75, 3.05) is 0 Å². The Bertz CT molecular complexity index is 994. The Morgan fingerprint density at radius 1 is 0.952 bits per heavy atom. The van der Waals surface area contributed by atoms with E-state index >= 15 is 0 Å². The Kier molecular flexibility index (Phi) is 2.48. The maximum atomic E-state index is 7.23. The van der Waals surface area contributed by atoms with E-state index in [1.165, 1.54) is 0 Å². The summed E-state index contributed by atoms with van der Waals surface area (Å²) in [5, 5.41) is 2.00. The number of nitrogens with zero attached hydrogens (tertiary/aromatic N) is 2. The van der Waals surface area contributed by atoms with Gasteiger partial charge in [0.1, 0.15) is 11.2 Å². The summed E-state index contributed by atoms with van der Waals surface area (Å²) in [6.45, 7) is 7.23. The van der Waals surface area contributed by atoms with Crippen LogP contribution in [-0.2, 0) is 0 Å². The van der Waals surface area contributed by atoms with Crippen LogP contribution in [0.1, 0.15) is 0 Å². The Morgan fingerprint density at radius 2 is 1.90 bits per heavy atom. The van der Waals surface area contributed by atoms with Crippen LogP contribution < -0.4 is 0 Å². The first-order valence-corrected chi connectivity index (χ1v) is 6.61. The van der Waals surface area contributed by atoms with Crippen LogP contribution in [0.3, 0.4) is 0 Å². The van der Waals surface area contributed by atoms with Crippen molar-refractivity contribution < 1.29 is 4.42 Å². The van der Waals surface area contributed by atoms with Gasteiger partial charge in [0.05, 0.1) is 12.3 Å². The molecule has 0 N–H and O–H groups in total. The van der Waals surface area contributed by atoms with Crippen molar-refractivity contribution in [2.45, 2.75) is 0 Å². The molecule has 0 radical (unpaired) electrons. The molecule has 2 aromatic heterocycles. The van der Waals surface area contributed by atoms with Crippen molar-refractivity contribution in [1.29, 1.82) is 0 Å². The van der Waals surface area contributed by atoms with Gasteiger partial charge in [-0.1, -0.05) is 30.3 Å². The van der Waals surface area contributed by atoms with Crippen molar-refractivity contribution in [1.82, 2.24) is 4.98 Å². The lowest BCUT2D eigenvalue weighted by atomic mass is 10.1. The first-order chi connectivity index (χ1) is 10.4. The fraction of sp³-hybridized carbons (Fsp3) is 0. The van der Waals surface area contributed by atoms with Gasteiger partial charge in [-0.2, -0.15) is 0 Å². The molecular formula is C18H10N2O. The molecule has 4 aromatic rings. The van der Waals surface area contributed by atoms with E-state index in [0.29, 0.717) is 11.3 Å². The Labute approximate surface area is 121 Å². The molecule has 0 spiro atoms. The number of hydrogen-bond donors (Lipinski definition) is 0. The van der Waals surface area contributed by atoms with E-state index in [1.807, 2.05) is 48.5 Å². The molecule has 0 fully saturated rings. The third-order valence-corrected chi connectivity index (χ3v) is 3.56. The maximum Gasteiger partial charge on any atom is 0.229 e. The van der Waals surface area contributed by atoms with Crippen LogP contribution in [0.25, 0.3) is 38.0 Å². The third kappa shape index (κ3) is 1.78. The van der Waals surface area contributed by atoms with Gasteiger partial charge in [-0.25, -0.2) is 4.85 Å². The lowest BCUT2D eigenvalue weighted by Gasteiger charge is -1.99. The summed E-state index contributed by atoms with van der Waals surface area (Å²) in [7, 11) is 0. The van der Waals surface area contributed by atoms with E-state index in [9.17, 15) is 0 Å². The lowest BCUT2D eigenvalue weighted by molar-refractivity contribution is 0.671. The van der Waals surface area contributed by atoms with E-state index in [2.05, 4.69) is 9.83 Å². The zero-order valence-corrected chi connectivity index (χ0v) is 11.1. The highest BCUT2D eigenvalue weighted by Gasteiger charge is 2.11. The summed E-state index contributed by atoms with van der Waals surface area (Å²) in [6, 6.07) is 17.5. The highest BCUT2D eigenvalue weighted by molar-refractivity contribution is 6.09. The van der Waals surface area contributed by atoms with Crippen molar-refractivity contribution >= 4 is 27.6 Å². The quantitative estimate of drug-likeness (QED) is 0.445. The number of aromatic nitrogens is 1. The van der Waals surface area contributed by atoms with Gasteiger partial charge < -0.3 is 4.42 Å². The van der Waals surface area contributed by atoms with Gasteiger partial charge in [-0.3, -0.25) is 4.98 Å². The monoisotopic (exact) mass is 270 g/mol. The second-order valence-corrected chi connectivity index (χ2v) is 4.79. The normalized spacial score (nSPS) is 10.8. The average molecular weight is 270 g/mol. The largest absolute Gasteiger partial charge is 0.467 e. The molecule has 0 aliphatic heterocycles. The van der Waals surface area contributed by atoms with E-state index in [1.54, 1.807) is 12.3 Å². The van der Waals surface area contributed by atoms with Crippen molar-refractivity contribution in [3.63, 3.8) is 0 Å². The highest BCUT2D eigenvalue weighted by atomic mass is 16.3. The Morgan fingerprint density at radius 3 is 2.71 bits per heavy atom. The van der Waals surface area contributed by atoms with Crippen LogP contribution in [0.4, 0.5) is 5.69 Å². The second-order valence-electron chi connectivity index (χ2n) is 4.79. The van der Waals surface area contributed by atoms with Gasteiger partial charge in [0.15, 0.2) is 0 Å². The second kappa shape index (κ2) is 4.46. The molecule has 2 aromatic carbocycles. The van der Waals surface area contributed by atoms with E-state index in [-0.39, 0.29) is 0 Å². The molecule has 0 amide bonds. The van der Waals surface area contributed by atoms with Crippen LogP contribution in [0.2, 0.25) is 0 Å². The van der Waals surface area contributed by atoms with Crippen molar-refractivity contribution in [3.8, 4) is 11.3 Å². The molecule has 0 unspecified atom stereocenters.